The second kappa shape index (κ2) is 4.69. The summed E-state index contributed by atoms with van der Waals surface area (Å²) in [5.41, 5.74) is 1.75. The fourth-order valence-electron chi connectivity index (χ4n) is 3.69. The number of methoxy groups -OCH3 is 2. The van der Waals surface area contributed by atoms with Crippen LogP contribution in [-0.2, 0) is 5.41 Å². The lowest BCUT2D eigenvalue weighted by Gasteiger charge is -2.51. The molecule has 3 heteroatoms. The summed E-state index contributed by atoms with van der Waals surface area (Å²) in [7, 11) is 3.45. The Morgan fingerprint density at radius 1 is 0.842 bits per heavy atom. The third-order valence-electron chi connectivity index (χ3n) is 5.12. The van der Waals surface area contributed by atoms with E-state index >= 15 is 0 Å². The van der Waals surface area contributed by atoms with Gasteiger partial charge in [-0.25, -0.2) is 0 Å². The van der Waals surface area contributed by atoms with Gasteiger partial charge in [0.15, 0.2) is 0 Å². The highest BCUT2D eigenvalue weighted by Crippen LogP contribution is 2.57. The highest BCUT2D eigenvalue weighted by molar-refractivity contribution is 9.10. The van der Waals surface area contributed by atoms with E-state index in [0.29, 0.717) is 9.74 Å². The van der Waals surface area contributed by atoms with E-state index in [4.69, 9.17) is 9.47 Å². The topological polar surface area (TPSA) is 18.5 Å². The first-order chi connectivity index (χ1) is 9.09. The first kappa shape index (κ1) is 13.3. The van der Waals surface area contributed by atoms with E-state index in [9.17, 15) is 0 Å². The molecule has 0 amide bonds. The Morgan fingerprint density at radius 2 is 1.32 bits per heavy atom. The van der Waals surface area contributed by atoms with Gasteiger partial charge in [0.1, 0.15) is 11.5 Å². The van der Waals surface area contributed by atoms with Crippen molar-refractivity contribution in [3.8, 4) is 11.5 Å². The molecule has 3 saturated carbocycles. The summed E-state index contributed by atoms with van der Waals surface area (Å²) < 4.78 is 11.3. The van der Waals surface area contributed by atoms with Crippen molar-refractivity contribution in [3.63, 3.8) is 0 Å². The van der Waals surface area contributed by atoms with Crippen molar-refractivity contribution in [2.45, 2.75) is 48.3 Å². The van der Waals surface area contributed by atoms with E-state index in [0.717, 1.165) is 11.5 Å². The van der Waals surface area contributed by atoms with Crippen LogP contribution in [0.25, 0.3) is 0 Å². The molecule has 0 unspecified atom stereocenters. The van der Waals surface area contributed by atoms with Gasteiger partial charge in [-0.15, -0.1) is 0 Å². The van der Waals surface area contributed by atoms with Gasteiger partial charge in [-0.1, -0.05) is 15.9 Å². The molecule has 0 spiro atoms. The van der Waals surface area contributed by atoms with Crippen molar-refractivity contribution in [2.75, 3.05) is 14.2 Å². The molecule has 0 atom stereocenters. The molecule has 2 nitrogen and oxygen atoms in total. The summed E-state index contributed by atoms with van der Waals surface area (Å²) in [6.07, 6.45) is 7.67. The van der Waals surface area contributed by atoms with Gasteiger partial charge in [0.25, 0.3) is 0 Å². The van der Waals surface area contributed by atoms with E-state index in [-0.39, 0.29) is 0 Å². The van der Waals surface area contributed by atoms with Crippen LogP contribution in [-0.4, -0.2) is 18.5 Å². The number of hydrogen-bond donors (Lipinski definition) is 0. The molecule has 0 N–H and O–H groups in total. The van der Waals surface area contributed by atoms with Gasteiger partial charge in [-0.05, 0) is 61.6 Å². The van der Waals surface area contributed by atoms with E-state index in [1.54, 1.807) is 14.2 Å². The summed E-state index contributed by atoms with van der Waals surface area (Å²) in [6.45, 7) is 0. The SMILES string of the molecule is COc1cc(OC)cc(C23CCC(Br)(CC2)CC3)c1. The van der Waals surface area contributed by atoms with Crippen molar-refractivity contribution in [1.82, 2.24) is 0 Å². The van der Waals surface area contributed by atoms with Crippen LogP contribution in [0.1, 0.15) is 44.1 Å². The van der Waals surface area contributed by atoms with Crippen molar-refractivity contribution in [2.24, 2.45) is 0 Å². The van der Waals surface area contributed by atoms with Crippen LogP contribution in [0.2, 0.25) is 0 Å². The summed E-state index contributed by atoms with van der Waals surface area (Å²) in [6, 6.07) is 6.37. The van der Waals surface area contributed by atoms with E-state index in [1.807, 2.05) is 6.07 Å². The Balaban J connectivity index is 1.97. The van der Waals surface area contributed by atoms with Crippen LogP contribution in [0, 0.1) is 0 Å². The Bertz CT molecular complexity index is 437. The standard InChI is InChI=1S/C16H21BrO2/c1-18-13-9-12(10-14(11-13)19-2)15-3-6-16(17,7-4-15)8-5-15/h9-11H,3-8H2,1-2H3. The minimum atomic E-state index is 0.345. The number of fused-ring (bicyclic) bond motifs is 3. The lowest BCUT2D eigenvalue weighted by molar-refractivity contribution is 0.162. The quantitative estimate of drug-likeness (QED) is 0.765. The first-order valence-corrected chi connectivity index (χ1v) is 7.81. The number of ether oxygens (including phenoxy) is 2. The van der Waals surface area contributed by atoms with Crippen molar-refractivity contribution in [3.05, 3.63) is 23.8 Å². The number of alkyl halides is 1. The molecule has 3 aliphatic rings. The number of hydrogen-bond acceptors (Lipinski definition) is 2. The maximum absolute atomic E-state index is 5.42. The van der Waals surface area contributed by atoms with Gasteiger partial charge in [0, 0.05) is 10.4 Å². The summed E-state index contributed by atoms with van der Waals surface area (Å²) in [5, 5.41) is 0. The average Bonchev–Trinajstić information content (AvgIpc) is 2.48. The van der Waals surface area contributed by atoms with E-state index in [2.05, 4.69) is 28.1 Å². The van der Waals surface area contributed by atoms with Gasteiger partial charge in [0.2, 0.25) is 0 Å². The second-order valence-electron chi connectivity index (χ2n) is 6.03. The Kier molecular flexibility index (Phi) is 3.28. The molecule has 104 valence electrons. The third-order valence-corrected chi connectivity index (χ3v) is 6.31. The summed E-state index contributed by atoms with van der Waals surface area (Å²) in [4.78, 5) is 0. The van der Waals surface area contributed by atoms with Crippen molar-refractivity contribution in [1.29, 1.82) is 0 Å². The first-order valence-electron chi connectivity index (χ1n) is 7.02. The maximum atomic E-state index is 5.42. The molecule has 0 aliphatic heterocycles. The van der Waals surface area contributed by atoms with Gasteiger partial charge in [-0.2, -0.15) is 0 Å². The normalized spacial score (nSPS) is 33.2. The zero-order valence-electron chi connectivity index (χ0n) is 11.7. The lowest BCUT2D eigenvalue weighted by Crippen LogP contribution is -2.44. The fraction of sp³-hybridized carbons (Fsp3) is 0.625. The minimum Gasteiger partial charge on any atom is -0.497 e. The van der Waals surface area contributed by atoms with Gasteiger partial charge >= 0.3 is 0 Å². The molecule has 0 radical (unpaired) electrons. The van der Waals surface area contributed by atoms with E-state index < -0.39 is 0 Å². The van der Waals surface area contributed by atoms with Gasteiger partial charge in [0.05, 0.1) is 14.2 Å². The van der Waals surface area contributed by atoms with Crippen molar-refractivity contribution >= 4 is 15.9 Å². The zero-order valence-corrected chi connectivity index (χ0v) is 13.3. The van der Waals surface area contributed by atoms with Gasteiger partial charge < -0.3 is 9.47 Å². The van der Waals surface area contributed by atoms with Crippen LogP contribution in [0.15, 0.2) is 18.2 Å². The molecular weight excluding hydrogens is 304 g/mol. The second-order valence-corrected chi connectivity index (χ2v) is 7.71. The smallest absolute Gasteiger partial charge is 0.122 e. The molecule has 2 bridgehead atoms. The number of halogens is 1. The predicted octanol–water partition coefficient (Wildman–Crippen LogP) is 4.44. The molecule has 0 heterocycles. The van der Waals surface area contributed by atoms with Crippen LogP contribution >= 0.6 is 15.9 Å². The molecule has 1 aromatic carbocycles. The molecule has 3 aliphatic carbocycles. The van der Waals surface area contributed by atoms with Crippen LogP contribution in [0.5, 0.6) is 11.5 Å². The molecule has 3 fully saturated rings. The van der Waals surface area contributed by atoms with Gasteiger partial charge in [-0.3, -0.25) is 0 Å². The number of rotatable bonds is 3. The Labute approximate surface area is 123 Å². The van der Waals surface area contributed by atoms with Crippen LogP contribution in [0.3, 0.4) is 0 Å². The highest BCUT2D eigenvalue weighted by Gasteiger charge is 2.48. The molecule has 0 aromatic heterocycles. The van der Waals surface area contributed by atoms with Crippen LogP contribution in [0.4, 0.5) is 0 Å². The maximum Gasteiger partial charge on any atom is 0.122 e. The predicted molar refractivity (Wildman–Crippen MR) is 80.6 cm³/mol. The fourth-order valence-corrected chi connectivity index (χ4v) is 4.28. The molecule has 0 saturated heterocycles. The largest absolute Gasteiger partial charge is 0.497 e. The molecule has 19 heavy (non-hydrogen) atoms. The van der Waals surface area contributed by atoms with Crippen molar-refractivity contribution < 1.29 is 9.47 Å². The minimum absolute atomic E-state index is 0.345. The Morgan fingerprint density at radius 3 is 1.74 bits per heavy atom. The monoisotopic (exact) mass is 324 g/mol. The highest BCUT2D eigenvalue weighted by atomic mass is 79.9. The summed E-state index contributed by atoms with van der Waals surface area (Å²) in [5.74, 6) is 1.81. The number of benzene rings is 1. The average molecular weight is 325 g/mol. The molecule has 4 rings (SSSR count). The zero-order chi connectivity index (χ0) is 13.5. The lowest BCUT2D eigenvalue weighted by atomic mass is 9.58. The third kappa shape index (κ3) is 2.26. The molecule has 1 aromatic rings. The molecular formula is C16H21BrO2. The van der Waals surface area contributed by atoms with E-state index in [1.165, 1.54) is 44.1 Å². The Hall–Kier alpha value is -0.700. The van der Waals surface area contributed by atoms with Crippen LogP contribution < -0.4 is 9.47 Å². The summed E-state index contributed by atoms with van der Waals surface area (Å²) >= 11 is 3.94.